The maximum atomic E-state index is 5.96. The van der Waals surface area contributed by atoms with E-state index in [4.69, 9.17) is 5.73 Å². The summed E-state index contributed by atoms with van der Waals surface area (Å²) in [6, 6.07) is 13.6. The van der Waals surface area contributed by atoms with Crippen LogP contribution in [0.2, 0.25) is 0 Å². The van der Waals surface area contributed by atoms with Crippen LogP contribution in [0.5, 0.6) is 0 Å². The van der Waals surface area contributed by atoms with Gasteiger partial charge in [-0.2, -0.15) is 0 Å². The summed E-state index contributed by atoms with van der Waals surface area (Å²) in [6.07, 6.45) is 16.3. The van der Waals surface area contributed by atoms with Crippen molar-refractivity contribution in [2.24, 2.45) is 11.7 Å². The predicted octanol–water partition coefficient (Wildman–Crippen LogP) is 5.62. The molecule has 0 radical (unpaired) electrons. The Kier molecular flexibility index (Phi) is 4.15. The van der Waals surface area contributed by atoms with E-state index in [-0.39, 0.29) is 7.92 Å². The van der Waals surface area contributed by atoms with Gasteiger partial charge in [0.05, 0.1) is 0 Å². The third-order valence-electron chi connectivity index (χ3n) is 5.89. The lowest BCUT2D eigenvalue weighted by Crippen LogP contribution is -2.14. The lowest BCUT2D eigenvalue weighted by molar-refractivity contribution is 0.795. The molecule has 26 heavy (non-hydrogen) atoms. The van der Waals surface area contributed by atoms with Crippen LogP contribution >= 0.6 is 7.92 Å². The average molecular weight is 357 g/mol. The van der Waals surface area contributed by atoms with Crippen molar-refractivity contribution in [1.82, 2.24) is 0 Å². The lowest BCUT2D eigenvalue weighted by atomic mass is 9.74. The first kappa shape index (κ1) is 16.2. The summed E-state index contributed by atoms with van der Waals surface area (Å²) in [5.41, 5.74) is 13.7. The van der Waals surface area contributed by atoms with Gasteiger partial charge in [0.25, 0.3) is 0 Å². The molecule has 130 valence electrons. The summed E-state index contributed by atoms with van der Waals surface area (Å²) in [6.45, 7) is 0.804. The highest BCUT2D eigenvalue weighted by Gasteiger charge is 2.31. The standard InChI is InChI=1S/C24H24NP/c25-13-14-26-15-19-11-9-17-5-1-3-7-21(17)23(19)24-20(16-26)12-10-18-6-2-4-8-22(18)24/h1-7,9-12,22H,8,13-16,25H2. The first-order valence-corrected chi connectivity index (χ1v) is 11.5. The van der Waals surface area contributed by atoms with E-state index in [0.717, 1.165) is 13.0 Å². The van der Waals surface area contributed by atoms with E-state index in [2.05, 4.69) is 66.8 Å². The molecular formula is C24H24NP. The van der Waals surface area contributed by atoms with Crippen LogP contribution < -0.4 is 5.73 Å². The van der Waals surface area contributed by atoms with Crippen LogP contribution in [0.1, 0.15) is 17.5 Å². The second-order valence-corrected chi connectivity index (χ2v) is 9.90. The summed E-state index contributed by atoms with van der Waals surface area (Å²) in [4.78, 5) is 0. The molecule has 1 nitrogen and oxygen atoms in total. The Morgan fingerprint density at radius 3 is 2.88 bits per heavy atom. The Morgan fingerprint density at radius 2 is 1.96 bits per heavy atom. The van der Waals surface area contributed by atoms with Crippen LogP contribution in [0.4, 0.5) is 0 Å². The zero-order valence-corrected chi connectivity index (χ0v) is 15.9. The van der Waals surface area contributed by atoms with E-state index in [0.29, 0.717) is 5.92 Å². The molecule has 2 atom stereocenters. The van der Waals surface area contributed by atoms with Crippen LogP contribution in [-0.2, 0) is 6.16 Å². The maximum Gasteiger partial charge on any atom is 0.0133 e. The fourth-order valence-electron chi connectivity index (χ4n) is 4.73. The van der Waals surface area contributed by atoms with Crippen molar-refractivity contribution < 1.29 is 0 Å². The first-order valence-electron chi connectivity index (χ1n) is 9.56. The van der Waals surface area contributed by atoms with E-state index in [9.17, 15) is 0 Å². The molecule has 2 N–H and O–H groups in total. The number of benzene rings is 2. The van der Waals surface area contributed by atoms with Crippen LogP contribution in [-0.4, -0.2) is 18.9 Å². The van der Waals surface area contributed by atoms with Gasteiger partial charge in [-0.15, -0.1) is 0 Å². The number of allylic oxidation sites excluding steroid dienone is 8. The number of hydrogen-bond acceptors (Lipinski definition) is 1. The molecule has 2 heteroatoms. The minimum Gasteiger partial charge on any atom is -0.330 e. The van der Waals surface area contributed by atoms with Crippen molar-refractivity contribution in [3.63, 3.8) is 0 Å². The minimum atomic E-state index is -0.0802. The Balaban J connectivity index is 1.79. The van der Waals surface area contributed by atoms with Gasteiger partial charge in [-0.3, -0.25) is 0 Å². The number of hydrogen-bond donors (Lipinski definition) is 1. The molecule has 0 spiro atoms. The molecule has 0 amide bonds. The zero-order chi connectivity index (χ0) is 17.5. The van der Waals surface area contributed by atoms with Crippen LogP contribution in [0.15, 0.2) is 77.9 Å². The van der Waals surface area contributed by atoms with Crippen molar-refractivity contribution in [3.8, 4) is 0 Å². The van der Waals surface area contributed by atoms with Crippen LogP contribution in [0.3, 0.4) is 0 Å². The minimum absolute atomic E-state index is 0.0802. The van der Waals surface area contributed by atoms with Crippen molar-refractivity contribution in [2.75, 3.05) is 18.9 Å². The molecule has 3 aliphatic rings. The van der Waals surface area contributed by atoms with Crippen LogP contribution in [0, 0.1) is 5.92 Å². The molecule has 0 saturated heterocycles. The first-order chi connectivity index (χ1) is 12.8. The number of nitrogens with two attached hydrogens (primary N) is 1. The summed E-state index contributed by atoms with van der Waals surface area (Å²) in [7, 11) is -0.0802. The fraction of sp³-hybridized carbons (Fsp3) is 0.250. The van der Waals surface area contributed by atoms with Gasteiger partial charge in [0.15, 0.2) is 0 Å². The van der Waals surface area contributed by atoms with Crippen molar-refractivity contribution in [2.45, 2.75) is 12.6 Å². The SMILES string of the molecule is NCCP1CC2=C(c3c(ccc4ccccc34)C1)C1CC=CC=C1C=C2. The van der Waals surface area contributed by atoms with Gasteiger partial charge in [0.1, 0.15) is 0 Å². The van der Waals surface area contributed by atoms with Gasteiger partial charge in [-0.1, -0.05) is 74.7 Å². The molecular weight excluding hydrogens is 333 g/mol. The molecule has 2 aliphatic carbocycles. The molecule has 0 fully saturated rings. The zero-order valence-electron chi connectivity index (χ0n) is 15.0. The average Bonchev–Trinajstić information content (AvgIpc) is 2.84. The van der Waals surface area contributed by atoms with Gasteiger partial charge >= 0.3 is 0 Å². The Morgan fingerprint density at radius 1 is 1.04 bits per heavy atom. The van der Waals surface area contributed by atoms with Crippen LogP contribution in [0.25, 0.3) is 16.3 Å². The summed E-state index contributed by atoms with van der Waals surface area (Å²) in [5, 5.41) is 2.78. The molecule has 2 aromatic rings. The van der Waals surface area contributed by atoms with Gasteiger partial charge < -0.3 is 5.73 Å². The van der Waals surface area contributed by atoms with Crippen molar-refractivity contribution >= 4 is 24.3 Å². The summed E-state index contributed by atoms with van der Waals surface area (Å²) >= 11 is 0. The molecule has 1 aliphatic heterocycles. The highest BCUT2D eigenvalue weighted by atomic mass is 31.1. The van der Waals surface area contributed by atoms with E-state index >= 15 is 0 Å². The largest absolute Gasteiger partial charge is 0.330 e. The molecule has 1 heterocycles. The topological polar surface area (TPSA) is 26.0 Å². The van der Waals surface area contributed by atoms with E-state index in [1.165, 1.54) is 46.0 Å². The van der Waals surface area contributed by atoms with Gasteiger partial charge in [0, 0.05) is 5.92 Å². The van der Waals surface area contributed by atoms with E-state index < -0.39 is 0 Å². The fourth-order valence-corrected chi connectivity index (χ4v) is 7.03. The lowest BCUT2D eigenvalue weighted by Gasteiger charge is -2.30. The molecule has 5 rings (SSSR count). The van der Waals surface area contributed by atoms with E-state index in [1.807, 2.05) is 0 Å². The molecule has 0 bridgehead atoms. The Bertz CT molecular complexity index is 992. The quantitative estimate of drug-likeness (QED) is 0.694. The van der Waals surface area contributed by atoms with E-state index in [1.54, 1.807) is 11.1 Å². The maximum absolute atomic E-state index is 5.96. The summed E-state index contributed by atoms with van der Waals surface area (Å²) < 4.78 is 0. The molecule has 2 unspecified atom stereocenters. The third-order valence-corrected chi connectivity index (χ3v) is 8.35. The number of rotatable bonds is 2. The molecule has 0 aromatic heterocycles. The highest BCUT2D eigenvalue weighted by Crippen LogP contribution is 2.53. The monoisotopic (exact) mass is 357 g/mol. The molecule has 0 saturated carbocycles. The van der Waals surface area contributed by atoms with Crippen molar-refractivity contribution in [1.29, 1.82) is 0 Å². The Hall–Kier alpha value is -1.95. The second-order valence-electron chi connectivity index (χ2n) is 7.48. The number of fused-ring (bicyclic) bond motifs is 6. The van der Waals surface area contributed by atoms with Gasteiger partial charge in [-0.05, 0) is 70.1 Å². The van der Waals surface area contributed by atoms with Crippen molar-refractivity contribution in [3.05, 3.63) is 89.1 Å². The predicted molar refractivity (Wildman–Crippen MR) is 115 cm³/mol. The normalized spacial score (nSPS) is 24.0. The molecule has 2 aromatic carbocycles. The summed E-state index contributed by atoms with van der Waals surface area (Å²) in [5.74, 6) is 0.511. The second kappa shape index (κ2) is 6.65. The smallest absolute Gasteiger partial charge is 0.0133 e. The highest BCUT2D eigenvalue weighted by molar-refractivity contribution is 7.57. The van der Waals surface area contributed by atoms with Gasteiger partial charge in [-0.25, -0.2) is 0 Å². The van der Waals surface area contributed by atoms with Gasteiger partial charge in [0.2, 0.25) is 0 Å². The third kappa shape index (κ3) is 2.62. The Labute approximate surface area is 156 Å².